The van der Waals surface area contributed by atoms with Crippen molar-refractivity contribution in [1.29, 1.82) is 0 Å². The maximum absolute atomic E-state index is 12.5. The molecule has 0 radical (unpaired) electrons. The van der Waals surface area contributed by atoms with Gasteiger partial charge in [-0.25, -0.2) is 0 Å². The first-order valence-electron chi connectivity index (χ1n) is 15.5. The van der Waals surface area contributed by atoms with E-state index in [1.54, 1.807) is 48.5 Å². The van der Waals surface area contributed by atoms with Gasteiger partial charge in [-0.2, -0.15) is 0 Å². The van der Waals surface area contributed by atoms with E-state index in [2.05, 4.69) is 12.2 Å². The summed E-state index contributed by atoms with van der Waals surface area (Å²) in [5.74, 6) is -0.746. The van der Waals surface area contributed by atoms with Crippen molar-refractivity contribution in [3.05, 3.63) is 98.1 Å². The molecule has 0 bridgehead atoms. The summed E-state index contributed by atoms with van der Waals surface area (Å²) in [5, 5.41) is 26.3. The maximum Gasteiger partial charge on any atom is 0.320 e. The number of carbonyl (C=O) groups excluding carboxylic acids is 1. The maximum atomic E-state index is 12.5. The molecule has 1 amide bonds. The molecule has 9 heteroatoms. The molecule has 9 nitrogen and oxygen atoms in total. The molecular formula is C34H43N3O6. The van der Waals surface area contributed by atoms with E-state index in [9.17, 15) is 25.0 Å². The lowest BCUT2D eigenvalue weighted by atomic mass is 10.0. The van der Waals surface area contributed by atoms with Crippen LogP contribution in [0, 0.1) is 20.2 Å². The first-order chi connectivity index (χ1) is 20.9. The Bertz CT molecular complexity index is 1290. The minimum atomic E-state index is -0.752. The number of benzene rings is 3. The standard InChI is InChI=1S/C34H43N3O6/c1-2-3-4-5-6-7-8-9-10-11-12-13-15-19-27-20-18-23-30(24-27)43-33-31(36(39)40)25-29(26-32(33)37(41)42)35-34(38)28-21-16-14-17-22-28/h14,16-18,20-26H,2-13,15,19H2,1H3,(H,35,38). The highest BCUT2D eigenvalue weighted by Gasteiger charge is 2.30. The molecule has 3 aromatic rings. The number of amides is 1. The van der Waals surface area contributed by atoms with Gasteiger partial charge in [0, 0.05) is 17.7 Å². The van der Waals surface area contributed by atoms with Gasteiger partial charge < -0.3 is 10.1 Å². The Morgan fingerprint density at radius 3 is 1.77 bits per heavy atom. The van der Waals surface area contributed by atoms with E-state index in [4.69, 9.17) is 4.74 Å². The second-order valence-corrected chi connectivity index (χ2v) is 10.9. The minimum absolute atomic E-state index is 0.0734. The van der Waals surface area contributed by atoms with E-state index in [0.29, 0.717) is 5.56 Å². The van der Waals surface area contributed by atoms with Gasteiger partial charge in [-0.15, -0.1) is 0 Å². The summed E-state index contributed by atoms with van der Waals surface area (Å²) < 4.78 is 5.77. The van der Waals surface area contributed by atoms with Gasteiger partial charge in [-0.3, -0.25) is 25.0 Å². The van der Waals surface area contributed by atoms with Crippen molar-refractivity contribution in [3.8, 4) is 11.5 Å². The third kappa shape index (κ3) is 11.5. The van der Waals surface area contributed by atoms with Crippen molar-refractivity contribution in [2.45, 2.75) is 96.8 Å². The molecule has 43 heavy (non-hydrogen) atoms. The zero-order chi connectivity index (χ0) is 30.9. The van der Waals surface area contributed by atoms with Crippen molar-refractivity contribution in [2.75, 3.05) is 5.32 Å². The van der Waals surface area contributed by atoms with Crippen molar-refractivity contribution < 1.29 is 19.4 Å². The summed E-state index contributed by atoms with van der Waals surface area (Å²) in [6.45, 7) is 2.25. The molecule has 0 aliphatic carbocycles. The molecule has 0 heterocycles. The van der Waals surface area contributed by atoms with E-state index in [-0.39, 0.29) is 11.4 Å². The second kappa shape index (κ2) is 18.3. The predicted octanol–water partition coefficient (Wildman–Crippen LogP) is 10.2. The summed E-state index contributed by atoms with van der Waals surface area (Å²) >= 11 is 0. The molecule has 3 aromatic carbocycles. The van der Waals surface area contributed by atoms with Crippen LogP contribution in [0.5, 0.6) is 11.5 Å². The lowest BCUT2D eigenvalue weighted by Gasteiger charge is -2.11. The molecule has 3 rings (SSSR count). The Morgan fingerprint density at radius 1 is 0.698 bits per heavy atom. The summed E-state index contributed by atoms with van der Waals surface area (Å²) in [7, 11) is 0. The number of nitrogens with one attached hydrogen (secondary N) is 1. The molecule has 0 aliphatic rings. The number of carbonyl (C=O) groups is 1. The number of hydrogen-bond donors (Lipinski definition) is 1. The number of rotatable bonds is 20. The van der Waals surface area contributed by atoms with Crippen LogP contribution in [0.2, 0.25) is 0 Å². The van der Waals surface area contributed by atoms with E-state index in [1.165, 1.54) is 70.6 Å². The molecule has 1 N–H and O–H groups in total. The van der Waals surface area contributed by atoms with E-state index in [0.717, 1.165) is 37.0 Å². The van der Waals surface area contributed by atoms with Crippen molar-refractivity contribution in [3.63, 3.8) is 0 Å². The number of nitro benzene ring substituents is 2. The molecule has 0 saturated carbocycles. The topological polar surface area (TPSA) is 125 Å². The molecule has 0 atom stereocenters. The van der Waals surface area contributed by atoms with Gasteiger partial charge in [0.05, 0.1) is 15.5 Å². The smallest absolute Gasteiger partial charge is 0.320 e. The van der Waals surface area contributed by atoms with Gasteiger partial charge in [0.2, 0.25) is 0 Å². The fourth-order valence-corrected chi connectivity index (χ4v) is 5.07. The van der Waals surface area contributed by atoms with E-state index < -0.39 is 32.9 Å². The lowest BCUT2D eigenvalue weighted by molar-refractivity contribution is -0.395. The van der Waals surface area contributed by atoms with Crippen LogP contribution in [0.3, 0.4) is 0 Å². The molecule has 0 aliphatic heterocycles. The number of nitro groups is 2. The van der Waals surface area contributed by atoms with E-state index >= 15 is 0 Å². The highest BCUT2D eigenvalue weighted by atomic mass is 16.6. The minimum Gasteiger partial charge on any atom is -0.444 e. The summed E-state index contributed by atoms with van der Waals surface area (Å²) in [6, 6.07) is 17.5. The monoisotopic (exact) mass is 589 g/mol. The van der Waals surface area contributed by atoms with Gasteiger partial charge >= 0.3 is 11.4 Å². The largest absolute Gasteiger partial charge is 0.444 e. The van der Waals surface area contributed by atoms with E-state index in [1.807, 2.05) is 6.07 Å². The number of unbranched alkanes of at least 4 members (excludes halogenated alkanes) is 12. The Kier molecular flexibility index (Phi) is 14.1. The number of anilines is 1. The fourth-order valence-electron chi connectivity index (χ4n) is 5.07. The highest BCUT2D eigenvalue weighted by Crippen LogP contribution is 2.42. The van der Waals surface area contributed by atoms with Crippen LogP contribution in [0.15, 0.2) is 66.7 Å². The van der Waals surface area contributed by atoms with Crippen LogP contribution in [0.4, 0.5) is 17.1 Å². The molecular weight excluding hydrogens is 546 g/mol. The third-order valence-electron chi connectivity index (χ3n) is 7.42. The highest BCUT2D eigenvalue weighted by molar-refractivity contribution is 6.04. The zero-order valence-corrected chi connectivity index (χ0v) is 25.1. The average molecular weight is 590 g/mol. The Morgan fingerprint density at radius 2 is 1.23 bits per heavy atom. The summed E-state index contributed by atoms with van der Waals surface area (Å²) in [5.41, 5.74) is 0.0146. The number of aryl methyl sites for hydroxylation is 1. The van der Waals surface area contributed by atoms with Gasteiger partial charge in [-0.05, 0) is 42.7 Å². The van der Waals surface area contributed by atoms with Crippen molar-refractivity contribution in [2.24, 2.45) is 0 Å². The van der Waals surface area contributed by atoms with Crippen LogP contribution >= 0.6 is 0 Å². The van der Waals surface area contributed by atoms with Gasteiger partial charge in [0.25, 0.3) is 11.7 Å². The normalized spacial score (nSPS) is 10.8. The molecule has 0 saturated heterocycles. The van der Waals surface area contributed by atoms with Crippen LogP contribution < -0.4 is 10.1 Å². The molecule has 0 spiro atoms. The van der Waals surface area contributed by atoms with Crippen molar-refractivity contribution >= 4 is 23.0 Å². The Hall–Kier alpha value is -4.27. The SMILES string of the molecule is CCCCCCCCCCCCCCCc1cccc(Oc2c([N+](=O)[O-])cc(NC(=O)c3ccccc3)cc2[N+](=O)[O-])c1. The lowest BCUT2D eigenvalue weighted by Crippen LogP contribution is -2.12. The molecule has 230 valence electrons. The summed E-state index contributed by atoms with van der Waals surface area (Å²) in [6.07, 6.45) is 17.4. The summed E-state index contributed by atoms with van der Waals surface area (Å²) in [4.78, 5) is 34.8. The number of nitrogens with zero attached hydrogens (tertiary/aromatic N) is 2. The number of ether oxygens (including phenoxy) is 1. The molecule has 0 aromatic heterocycles. The average Bonchev–Trinajstić information content (AvgIpc) is 3.00. The number of hydrogen-bond acceptors (Lipinski definition) is 6. The Labute approximate surface area is 254 Å². The Balaban J connectivity index is 1.54. The fraction of sp³-hybridized carbons (Fsp3) is 0.441. The quantitative estimate of drug-likeness (QED) is 0.0794. The van der Waals surface area contributed by atoms with Gasteiger partial charge in [0.1, 0.15) is 5.75 Å². The molecule has 0 fully saturated rings. The van der Waals surface area contributed by atoms with Crippen molar-refractivity contribution in [1.82, 2.24) is 0 Å². The predicted molar refractivity (Wildman–Crippen MR) is 170 cm³/mol. The van der Waals surface area contributed by atoms with Crippen LogP contribution in [-0.2, 0) is 6.42 Å². The zero-order valence-electron chi connectivity index (χ0n) is 25.1. The van der Waals surface area contributed by atoms with Gasteiger partial charge in [0.15, 0.2) is 0 Å². The van der Waals surface area contributed by atoms with Crippen LogP contribution in [-0.4, -0.2) is 15.8 Å². The first-order valence-corrected chi connectivity index (χ1v) is 15.5. The van der Waals surface area contributed by atoms with Crippen LogP contribution in [0.25, 0.3) is 0 Å². The second-order valence-electron chi connectivity index (χ2n) is 10.9. The molecule has 0 unspecified atom stereocenters. The van der Waals surface area contributed by atoms with Gasteiger partial charge in [-0.1, -0.05) is 114 Å². The third-order valence-corrected chi connectivity index (χ3v) is 7.42. The van der Waals surface area contributed by atoms with Crippen LogP contribution in [0.1, 0.15) is 106 Å². The first kappa shape index (κ1) is 33.2.